The van der Waals surface area contributed by atoms with Crippen LogP contribution in [0.3, 0.4) is 0 Å². The molecule has 1 aliphatic rings. The van der Waals surface area contributed by atoms with E-state index in [1.807, 2.05) is 39.5 Å². The molecule has 0 aromatic heterocycles. The number of fused-ring (bicyclic) bond motifs is 1. The van der Waals surface area contributed by atoms with Gasteiger partial charge in [-0.15, -0.1) is 0 Å². The average molecular weight is 224 g/mol. The maximum atomic E-state index is 2.32. The van der Waals surface area contributed by atoms with Crippen LogP contribution in [0, 0.1) is 13.8 Å². The summed E-state index contributed by atoms with van der Waals surface area (Å²) in [5, 5.41) is 0. The smallest absolute Gasteiger partial charge is 0.0193 e. The second-order valence-corrected chi connectivity index (χ2v) is 4.20. The van der Waals surface area contributed by atoms with E-state index in [1.54, 1.807) is 11.1 Å². The van der Waals surface area contributed by atoms with Gasteiger partial charge in [0, 0.05) is 11.5 Å². The van der Waals surface area contributed by atoms with Crippen molar-refractivity contribution >= 4 is 11.8 Å². The van der Waals surface area contributed by atoms with Gasteiger partial charge >= 0.3 is 0 Å². The van der Waals surface area contributed by atoms with Crippen molar-refractivity contribution in [3.63, 3.8) is 0 Å². The van der Waals surface area contributed by atoms with Gasteiger partial charge in [0.05, 0.1) is 0 Å². The van der Waals surface area contributed by atoms with E-state index in [4.69, 9.17) is 0 Å². The van der Waals surface area contributed by atoms with E-state index in [9.17, 15) is 0 Å². The molecule has 1 aromatic rings. The number of rotatable bonds is 0. The Morgan fingerprint density at radius 1 is 0.933 bits per heavy atom. The molecule has 1 heterocycles. The molecule has 0 unspecified atom stereocenters. The molecule has 1 aromatic carbocycles. The molecule has 0 atom stereocenters. The summed E-state index contributed by atoms with van der Waals surface area (Å²) in [7, 11) is 0. The van der Waals surface area contributed by atoms with E-state index in [1.165, 1.54) is 22.6 Å². The molecular formula is C14H24S. The Balaban J connectivity index is 0.000000442. The molecule has 0 bridgehead atoms. The summed E-state index contributed by atoms with van der Waals surface area (Å²) in [4.78, 5) is 0. The molecular weight excluding hydrogens is 200 g/mol. The van der Waals surface area contributed by atoms with Crippen LogP contribution in [0.4, 0.5) is 0 Å². The molecule has 0 aliphatic carbocycles. The molecule has 0 N–H and O–H groups in total. The van der Waals surface area contributed by atoms with Crippen molar-refractivity contribution in [3.05, 3.63) is 34.4 Å². The summed E-state index contributed by atoms with van der Waals surface area (Å²) >= 11 is 2.03. The van der Waals surface area contributed by atoms with Crippen LogP contribution < -0.4 is 0 Å². The Labute approximate surface area is 99.5 Å². The van der Waals surface area contributed by atoms with Gasteiger partial charge in [-0.2, -0.15) is 11.8 Å². The minimum atomic E-state index is 1.22. The topological polar surface area (TPSA) is 0 Å². The van der Waals surface area contributed by atoms with Gasteiger partial charge in [0.1, 0.15) is 0 Å². The zero-order valence-electron chi connectivity index (χ0n) is 11.0. The maximum Gasteiger partial charge on any atom is 0.0193 e. The third-order valence-electron chi connectivity index (χ3n) is 2.21. The molecule has 86 valence electrons. The minimum absolute atomic E-state index is 1.22. The molecule has 0 saturated heterocycles. The predicted octanol–water partition coefficient (Wildman–Crippen LogP) is 5.10. The molecule has 1 heteroatoms. The van der Waals surface area contributed by atoms with Crippen molar-refractivity contribution in [1.82, 2.24) is 0 Å². The Kier molecular flexibility index (Phi) is 7.59. The second-order valence-electron chi connectivity index (χ2n) is 3.21. The lowest BCUT2D eigenvalue weighted by molar-refractivity contribution is 1.24. The minimum Gasteiger partial charge on any atom is -0.152 e. The molecule has 0 nitrogen and oxygen atoms in total. The second kappa shape index (κ2) is 7.81. The molecule has 0 radical (unpaired) electrons. The highest BCUT2D eigenvalue weighted by atomic mass is 32.2. The van der Waals surface area contributed by atoms with Crippen LogP contribution in [0.15, 0.2) is 12.1 Å². The predicted molar refractivity (Wildman–Crippen MR) is 73.6 cm³/mol. The van der Waals surface area contributed by atoms with Crippen molar-refractivity contribution in [2.45, 2.75) is 53.0 Å². The van der Waals surface area contributed by atoms with Crippen LogP contribution >= 0.6 is 11.8 Å². The summed E-state index contributed by atoms with van der Waals surface area (Å²) < 4.78 is 0. The largest absolute Gasteiger partial charge is 0.152 e. The fraction of sp³-hybridized carbons (Fsp3) is 0.571. The van der Waals surface area contributed by atoms with Crippen LogP contribution in [0.25, 0.3) is 0 Å². The molecule has 2 rings (SSSR count). The van der Waals surface area contributed by atoms with E-state index in [0.717, 1.165) is 0 Å². The van der Waals surface area contributed by atoms with Gasteiger partial charge in [-0.1, -0.05) is 45.4 Å². The van der Waals surface area contributed by atoms with Gasteiger partial charge in [0.2, 0.25) is 0 Å². The van der Waals surface area contributed by atoms with Crippen LogP contribution in [0.5, 0.6) is 0 Å². The van der Waals surface area contributed by atoms with Gasteiger partial charge in [-0.05, 0) is 30.5 Å². The van der Waals surface area contributed by atoms with Crippen LogP contribution in [0.1, 0.15) is 49.9 Å². The highest BCUT2D eigenvalue weighted by Gasteiger charge is 2.12. The number of hydrogen-bond donors (Lipinski definition) is 0. The first kappa shape index (κ1) is 14.6. The van der Waals surface area contributed by atoms with Crippen molar-refractivity contribution in [2.24, 2.45) is 0 Å². The highest BCUT2D eigenvalue weighted by Crippen LogP contribution is 2.32. The molecule has 0 fully saturated rings. The normalized spacial score (nSPS) is 11.9. The van der Waals surface area contributed by atoms with Crippen LogP contribution in [-0.4, -0.2) is 0 Å². The van der Waals surface area contributed by atoms with Gasteiger partial charge < -0.3 is 0 Å². The SMILES string of the molecule is CC.CC.Cc1cc(C)c2c(c1)CSC2. The molecule has 0 amide bonds. The van der Waals surface area contributed by atoms with E-state index in [0.29, 0.717) is 0 Å². The van der Waals surface area contributed by atoms with E-state index in [-0.39, 0.29) is 0 Å². The van der Waals surface area contributed by atoms with Crippen molar-refractivity contribution in [2.75, 3.05) is 0 Å². The third-order valence-corrected chi connectivity index (χ3v) is 3.22. The van der Waals surface area contributed by atoms with Gasteiger partial charge in [-0.25, -0.2) is 0 Å². The summed E-state index contributed by atoms with van der Waals surface area (Å²) in [6.45, 7) is 12.4. The van der Waals surface area contributed by atoms with E-state index < -0.39 is 0 Å². The Morgan fingerprint density at radius 2 is 1.53 bits per heavy atom. The van der Waals surface area contributed by atoms with Crippen molar-refractivity contribution < 1.29 is 0 Å². The van der Waals surface area contributed by atoms with E-state index in [2.05, 4.69) is 26.0 Å². The third kappa shape index (κ3) is 3.90. The van der Waals surface area contributed by atoms with Crippen LogP contribution in [0.2, 0.25) is 0 Å². The summed E-state index contributed by atoms with van der Waals surface area (Å²) in [6, 6.07) is 4.60. The van der Waals surface area contributed by atoms with Gasteiger partial charge in [-0.3, -0.25) is 0 Å². The number of hydrogen-bond acceptors (Lipinski definition) is 1. The first-order chi connectivity index (χ1) is 7.27. The quantitative estimate of drug-likeness (QED) is 0.590. The zero-order valence-corrected chi connectivity index (χ0v) is 11.8. The first-order valence-electron chi connectivity index (χ1n) is 5.94. The number of aryl methyl sites for hydroxylation is 2. The van der Waals surface area contributed by atoms with Crippen LogP contribution in [-0.2, 0) is 11.5 Å². The van der Waals surface area contributed by atoms with Crippen molar-refractivity contribution in [3.8, 4) is 0 Å². The summed E-state index contributed by atoms with van der Waals surface area (Å²) in [6.07, 6.45) is 0. The molecule has 0 saturated carbocycles. The highest BCUT2D eigenvalue weighted by molar-refractivity contribution is 7.98. The zero-order chi connectivity index (χ0) is 11.8. The lowest BCUT2D eigenvalue weighted by Gasteiger charge is -2.03. The Hall–Kier alpha value is -0.430. The standard InChI is InChI=1S/C10H12S.2C2H6/c1-7-3-8(2)10-6-11-5-9(10)4-7;2*1-2/h3-4H,5-6H2,1-2H3;2*1-2H3. The monoisotopic (exact) mass is 224 g/mol. The Morgan fingerprint density at radius 3 is 2.13 bits per heavy atom. The summed E-state index contributed by atoms with van der Waals surface area (Å²) in [5.74, 6) is 2.44. The summed E-state index contributed by atoms with van der Waals surface area (Å²) in [5.41, 5.74) is 6.03. The Bertz CT molecular complexity index is 290. The van der Waals surface area contributed by atoms with Gasteiger partial charge in [0.25, 0.3) is 0 Å². The fourth-order valence-electron chi connectivity index (χ4n) is 1.68. The maximum absolute atomic E-state index is 2.32. The number of thioether (sulfide) groups is 1. The fourth-order valence-corrected chi connectivity index (χ4v) is 2.88. The lowest BCUT2D eigenvalue weighted by Crippen LogP contribution is -1.88. The van der Waals surface area contributed by atoms with Gasteiger partial charge in [0.15, 0.2) is 0 Å². The molecule has 0 spiro atoms. The average Bonchev–Trinajstić information content (AvgIpc) is 2.72. The lowest BCUT2D eigenvalue weighted by atomic mass is 10.0. The molecule has 1 aliphatic heterocycles. The van der Waals surface area contributed by atoms with Crippen molar-refractivity contribution in [1.29, 1.82) is 0 Å². The number of benzene rings is 1. The van der Waals surface area contributed by atoms with E-state index >= 15 is 0 Å². The molecule has 15 heavy (non-hydrogen) atoms. The first-order valence-corrected chi connectivity index (χ1v) is 7.09.